The van der Waals surface area contributed by atoms with Crippen molar-refractivity contribution >= 4 is 34.7 Å². The summed E-state index contributed by atoms with van der Waals surface area (Å²) in [6.07, 6.45) is 0.585. The summed E-state index contributed by atoms with van der Waals surface area (Å²) in [6.45, 7) is 7.92. The number of aldehydes is 1. The highest BCUT2D eigenvalue weighted by molar-refractivity contribution is 7.99. The summed E-state index contributed by atoms with van der Waals surface area (Å²) in [7, 11) is 0. The quantitative estimate of drug-likeness (QED) is 0.464. The largest absolute Gasteiger partial charge is 0.422 e. The van der Waals surface area contributed by atoms with Crippen molar-refractivity contribution in [2.75, 3.05) is 23.7 Å². The van der Waals surface area contributed by atoms with Crippen LogP contribution in [0.15, 0.2) is 32.3 Å². The number of thioether (sulfide) groups is 1. The summed E-state index contributed by atoms with van der Waals surface area (Å²) in [4.78, 5) is 26.0. The number of carbonyl (C=O) groups excluding carboxylic acids is 1. The molecule has 0 aliphatic rings. The molecular formula is C16H19NO3S. The van der Waals surface area contributed by atoms with Gasteiger partial charge in [0.05, 0.1) is 0 Å². The monoisotopic (exact) mass is 305 g/mol. The first-order valence-corrected chi connectivity index (χ1v) is 8.08. The number of rotatable bonds is 6. The molecule has 0 bridgehead atoms. The van der Waals surface area contributed by atoms with E-state index in [9.17, 15) is 9.59 Å². The zero-order valence-corrected chi connectivity index (χ0v) is 13.3. The first kappa shape index (κ1) is 15.6. The Kier molecular flexibility index (Phi) is 5.07. The zero-order chi connectivity index (χ0) is 15.4. The van der Waals surface area contributed by atoms with Crippen LogP contribution in [0.1, 0.15) is 31.1 Å². The second-order valence-corrected chi connectivity index (χ2v) is 5.81. The van der Waals surface area contributed by atoms with Gasteiger partial charge in [-0.1, -0.05) is 6.92 Å². The second kappa shape index (κ2) is 6.80. The topological polar surface area (TPSA) is 50.5 Å². The molecule has 0 radical (unpaired) electrons. The molecule has 0 aliphatic carbocycles. The van der Waals surface area contributed by atoms with Gasteiger partial charge in [-0.3, -0.25) is 4.79 Å². The Balaban J connectivity index is 2.69. The number of nitrogens with zero attached hydrogens (tertiary/aromatic N) is 1. The van der Waals surface area contributed by atoms with Crippen LogP contribution in [-0.2, 0) is 0 Å². The standard InChI is InChI=1S/C16H19NO3S/c1-4-17(5-2)11-7-8-12-14(9-11)20-16(19)13(10-18)15(12)21-6-3/h7-10H,4-6H2,1-3H3. The van der Waals surface area contributed by atoms with Crippen LogP contribution in [-0.4, -0.2) is 25.1 Å². The molecule has 4 nitrogen and oxygen atoms in total. The fourth-order valence-corrected chi connectivity index (χ4v) is 3.26. The van der Waals surface area contributed by atoms with E-state index in [-0.39, 0.29) is 5.56 Å². The summed E-state index contributed by atoms with van der Waals surface area (Å²) >= 11 is 1.49. The third kappa shape index (κ3) is 2.97. The SMILES string of the molecule is CCSc1c(C=O)c(=O)oc2cc(N(CC)CC)ccc12. The summed E-state index contributed by atoms with van der Waals surface area (Å²) in [5.41, 5.74) is 1.10. The van der Waals surface area contributed by atoms with Gasteiger partial charge in [-0.05, 0) is 31.7 Å². The van der Waals surface area contributed by atoms with Crippen LogP contribution >= 0.6 is 11.8 Å². The molecule has 112 valence electrons. The smallest absolute Gasteiger partial charge is 0.348 e. The van der Waals surface area contributed by atoms with Crippen molar-refractivity contribution in [3.63, 3.8) is 0 Å². The van der Waals surface area contributed by atoms with E-state index in [0.717, 1.165) is 29.9 Å². The summed E-state index contributed by atoms with van der Waals surface area (Å²) in [5, 5.41) is 0.819. The maximum atomic E-state index is 12.0. The van der Waals surface area contributed by atoms with Crippen LogP contribution in [0.4, 0.5) is 5.69 Å². The van der Waals surface area contributed by atoms with E-state index in [1.54, 1.807) is 0 Å². The Labute approximate surface area is 128 Å². The van der Waals surface area contributed by atoms with Crippen molar-refractivity contribution in [1.29, 1.82) is 0 Å². The highest BCUT2D eigenvalue weighted by Crippen LogP contribution is 2.31. The predicted molar refractivity (Wildman–Crippen MR) is 87.8 cm³/mol. The molecule has 0 unspecified atom stereocenters. The number of hydrogen-bond acceptors (Lipinski definition) is 5. The van der Waals surface area contributed by atoms with Gasteiger partial charge in [0.25, 0.3) is 0 Å². The lowest BCUT2D eigenvalue weighted by Crippen LogP contribution is -2.21. The molecule has 0 saturated carbocycles. The zero-order valence-electron chi connectivity index (χ0n) is 12.5. The minimum absolute atomic E-state index is 0.116. The molecule has 2 rings (SSSR count). The third-order valence-electron chi connectivity index (χ3n) is 3.41. The molecule has 21 heavy (non-hydrogen) atoms. The fourth-order valence-electron chi connectivity index (χ4n) is 2.36. The molecule has 0 saturated heterocycles. The van der Waals surface area contributed by atoms with Crippen LogP contribution in [0.5, 0.6) is 0 Å². The normalized spacial score (nSPS) is 10.8. The number of carbonyl (C=O) groups is 1. The van der Waals surface area contributed by atoms with Crippen LogP contribution in [0.2, 0.25) is 0 Å². The molecule has 0 atom stereocenters. The van der Waals surface area contributed by atoms with Crippen LogP contribution in [0, 0.1) is 0 Å². The first-order chi connectivity index (χ1) is 10.2. The first-order valence-electron chi connectivity index (χ1n) is 7.09. The number of benzene rings is 1. The van der Waals surface area contributed by atoms with Crippen molar-refractivity contribution in [2.24, 2.45) is 0 Å². The average molecular weight is 305 g/mol. The third-order valence-corrected chi connectivity index (χ3v) is 4.43. The van der Waals surface area contributed by atoms with Gasteiger partial charge in [0, 0.05) is 35.1 Å². The maximum absolute atomic E-state index is 12.0. The Morgan fingerprint density at radius 3 is 2.52 bits per heavy atom. The molecule has 0 fully saturated rings. The van der Waals surface area contributed by atoms with Gasteiger partial charge in [-0.15, -0.1) is 11.8 Å². The summed E-state index contributed by atoms with van der Waals surface area (Å²) < 4.78 is 5.32. The van der Waals surface area contributed by atoms with Crippen molar-refractivity contribution < 1.29 is 9.21 Å². The average Bonchev–Trinajstić information content (AvgIpc) is 2.48. The van der Waals surface area contributed by atoms with Gasteiger partial charge < -0.3 is 9.32 Å². The fraction of sp³-hybridized carbons (Fsp3) is 0.375. The number of fused-ring (bicyclic) bond motifs is 1. The molecule has 5 heteroatoms. The van der Waals surface area contributed by atoms with Crippen LogP contribution in [0.25, 0.3) is 11.0 Å². The Morgan fingerprint density at radius 1 is 1.24 bits per heavy atom. The Bertz CT molecular complexity index is 704. The predicted octanol–water partition coefficient (Wildman–Crippen LogP) is 3.56. The van der Waals surface area contributed by atoms with Gasteiger partial charge in [-0.2, -0.15) is 0 Å². The van der Waals surface area contributed by atoms with E-state index in [2.05, 4.69) is 18.7 Å². The molecule has 2 aromatic rings. The molecule has 0 N–H and O–H groups in total. The van der Waals surface area contributed by atoms with Crippen LogP contribution < -0.4 is 10.5 Å². The molecule has 0 aliphatic heterocycles. The maximum Gasteiger partial charge on any atom is 0.348 e. The van der Waals surface area contributed by atoms with E-state index in [1.807, 2.05) is 25.1 Å². The summed E-state index contributed by atoms with van der Waals surface area (Å²) in [6, 6.07) is 5.80. The molecule has 1 aromatic carbocycles. The van der Waals surface area contributed by atoms with Gasteiger partial charge in [-0.25, -0.2) is 4.79 Å². The van der Waals surface area contributed by atoms with Crippen molar-refractivity contribution in [2.45, 2.75) is 25.7 Å². The Hall–Kier alpha value is -1.75. The minimum Gasteiger partial charge on any atom is -0.422 e. The lowest BCUT2D eigenvalue weighted by molar-refractivity contribution is 0.111. The van der Waals surface area contributed by atoms with Gasteiger partial charge in [0.2, 0.25) is 0 Å². The van der Waals surface area contributed by atoms with Gasteiger partial charge >= 0.3 is 5.63 Å². The van der Waals surface area contributed by atoms with E-state index < -0.39 is 5.63 Å². The summed E-state index contributed by atoms with van der Waals surface area (Å²) in [5.74, 6) is 0.789. The van der Waals surface area contributed by atoms with E-state index in [4.69, 9.17) is 4.42 Å². The number of hydrogen-bond donors (Lipinski definition) is 0. The van der Waals surface area contributed by atoms with Gasteiger partial charge in [0.1, 0.15) is 11.1 Å². The van der Waals surface area contributed by atoms with Crippen molar-refractivity contribution in [1.82, 2.24) is 0 Å². The molecule has 1 heterocycles. The van der Waals surface area contributed by atoms with E-state index >= 15 is 0 Å². The molecular weight excluding hydrogens is 286 g/mol. The molecule has 0 amide bonds. The van der Waals surface area contributed by atoms with Crippen LogP contribution in [0.3, 0.4) is 0 Å². The lowest BCUT2D eigenvalue weighted by atomic mass is 10.1. The molecule has 1 aromatic heterocycles. The highest BCUT2D eigenvalue weighted by atomic mass is 32.2. The second-order valence-electron chi connectivity index (χ2n) is 4.54. The van der Waals surface area contributed by atoms with E-state index in [0.29, 0.717) is 16.8 Å². The Morgan fingerprint density at radius 2 is 1.95 bits per heavy atom. The minimum atomic E-state index is -0.565. The van der Waals surface area contributed by atoms with Crippen molar-refractivity contribution in [3.8, 4) is 0 Å². The number of anilines is 1. The van der Waals surface area contributed by atoms with Gasteiger partial charge in [0.15, 0.2) is 6.29 Å². The van der Waals surface area contributed by atoms with Crippen molar-refractivity contribution in [3.05, 3.63) is 34.2 Å². The highest BCUT2D eigenvalue weighted by Gasteiger charge is 2.15. The lowest BCUT2D eigenvalue weighted by Gasteiger charge is -2.21. The molecule has 0 spiro atoms. The van der Waals surface area contributed by atoms with E-state index in [1.165, 1.54) is 11.8 Å².